The van der Waals surface area contributed by atoms with Gasteiger partial charge < -0.3 is 20.6 Å². The summed E-state index contributed by atoms with van der Waals surface area (Å²) in [5.74, 6) is -0.937. The van der Waals surface area contributed by atoms with Gasteiger partial charge in [0.1, 0.15) is 11.4 Å². The molecule has 5 N–H and O–H groups in total. The van der Waals surface area contributed by atoms with E-state index in [0.29, 0.717) is 6.42 Å². The largest absolute Gasteiger partial charge is 0.503 e. The van der Waals surface area contributed by atoms with Crippen LogP contribution in [-0.2, 0) is 7.05 Å². The van der Waals surface area contributed by atoms with Crippen LogP contribution in [0.3, 0.4) is 0 Å². The zero-order valence-electron chi connectivity index (χ0n) is 17.7. The van der Waals surface area contributed by atoms with Gasteiger partial charge in [0.05, 0.1) is 6.04 Å². The highest BCUT2D eigenvalue weighted by Gasteiger charge is 2.25. The van der Waals surface area contributed by atoms with Crippen LogP contribution in [0.4, 0.5) is 17.2 Å². The van der Waals surface area contributed by atoms with Gasteiger partial charge in [0, 0.05) is 21.1 Å². The number of rotatable bonds is 7. The number of carbonyl (C=O) groups excluding carboxylic acids is 1. The van der Waals surface area contributed by atoms with Gasteiger partial charge in [0.25, 0.3) is 17.0 Å². The number of aryl methyl sites for hydroxylation is 1. The first-order valence-corrected chi connectivity index (χ1v) is 9.65. The molecule has 1 amide bonds. The molecule has 31 heavy (non-hydrogen) atoms. The Hall–Kier alpha value is -4.02. The zero-order chi connectivity index (χ0) is 22.7. The summed E-state index contributed by atoms with van der Waals surface area (Å²) >= 11 is 0. The van der Waals surface area contributed by atoms with Crippen molar-refractivity contribution in [1.82, 2.24) is 24.9 Å². The van der Waals surface area contributed by atoms with Crippen molar-refractivity contribution in [2.45, 2.75) is 19.4 Å². The summed E-state index contributed by atoms with van der Waals surface area (Å²) in [7, 11) is 4.56. The fourth-order valence-electron chi connectivity index (χ4n) is 3.13. The van der Waals surface area contributed by atoms with Gasteiger partial charge in [-0.15, -0.1) is 0 Å². The fraction of sp³-hybridized carbons (Fsp3) is 0.300. The summed E-state index contributed by atoms with van der Waals surface area (Å²) in [6.07, 6.45) is 0.647. The van der Waals surface area contributed by atoms with Crippen molar-refractivity contribution in [3.05, 3.63) is 62.3 Å². The lowest BCUT2D eigenvalue weighted by Gasteiger charge is -2.20. The number of hydrogen-bond donors (Lipinski definition) is 5. The second kappa shape index (κ2) is 8.78. The maximum atomic E-state index is 12.6. The number of anilines is 3. The summed E-state index contributed by atoms with van der Waals surface area (Å²) in [4.78, 5) is 38.6. The average molecular weight is 427 g/mol. The molecule has 3 aromatic rings. The molecule has 0 radical (unpaired) electrons. The van der Waals surface area contributed by atoms with Crippen LogP contribution in [0.2, 0.25) is 0 Å². The van der Waals surface area contributed by atoms with E-state index >= 15 is 0 Å². The van der Waals surface area contributed by atoms with E-state index in [1.54, 1.807) is 0 Å². The molecule has 0 saturated heterocycles. The number of carbonyl (C=O) groups is 1. The molecule has 0 bridgehead atoms. The smallest absolute Gasteiger partial charge is 0.288 e. The molecule has 0 aliphatic heterocycles. The molecule has 0 unspecified atom stereocenters. The van der Waals surface area contributed by atoms with Crippen molar-refractivity contribution in [3.8, 4) is 5.75 Å². The first kappa shape index (κ1) is 21.7. The van der Waals surface area contributed by atoms with E-state index in [4.69, 9.17) is 0 Å². The highest BCUT2D eigenvalue weighted by Crippen LogP contribution is 2.31. The van der Waals surface area contributed by atoms with Crippen LogP contribution in [0, 0.1) is 0 Å². The Bertz CT molecular complexity index is 1190. The van der Waals surface area contributed by atoms with E-state index in [0.717, 1.165) is 5.56 Å². The third-order valence-corrected chi connectivity index (χ3v) is 4.80. The Morgan fingerprint density at radius 2 is 1.77 bits per heavy atom. The lowest BCUT2D eigenvalue weighted by molar-refractivity contribution is 0.0818. The fourth-order valence-corrected chi connectivity index (χ4v) is 3.13. The van der Waals surface area contributed by atoms with Crippen molar-refractivity contribution >= 4 is 23.1 Å². The quantitative estimate of drug-likeness (QED) is 0.384. The zero-order valence-corrected chi connectivity index (χ0v) is 17.7. The number of aromatic hydroxyl groups is 1. The van der Waals surface area contributed by atoms with Crippen LogP contribution in [0.5, 0.6) is 5.75 Å². The summed E-state index contributed by atoms with van der Waals surface area (Å²) in [5.41, 5.74) is -0.519. The molecule has 11 heteroatoms. The normalized spacial score (nSPS) is 11.7. The topological polar surface area (TPSA) is 148 Å². The predicted molar refractivity (Wildman–Crippen MR) is 117 cm³/mol. The maximum absolute atomic E-state index is 12.6. The van der Waals surface area contributed by atoms with Crippen molar-refractivity contribution in [2.24, 2.45) is 7.05 Å². The molecule has 0 aliphatic carbocycles. The van der Waals surface area contributed by atoms with E-state index in [9.17, 15) is 19.5 Å². The number of benzene rings is 1. The van der Waals surface area contributed by atoms with Crippen molar-refractivity contribution < 1.29 is 9.90 Å². The first-order valence-electron chi connectivity index (χ1n) is 9.65. The van der Waals surface area contributed by atoms with Gasteiger partial charge in [0.15, 0.2) is 17.3 Å². The average Bonchev–Trinajstić information content (AvgIpc) is 3.04. The standard InChI is InChI=1S/C20H25N7O4/c1-5-12(11-9-7-6-8-10-11)21-13-14(19(30)24-23-18(13)29)22-17-16(28)15(25-27(17)4)20(31)26(2)3/h6-10,12,28H,5H2,1-4H3,(H2,21,24,30)(H2,22,23,29)/t12-/m1/s1. The van der Waals surface area contributed by atoms with Crippen molar-refractivity contribution in [1.29, 1.82) is 0 Å². The minimum atomic E-state index is -0.619. The van der Waals surface area contributed by atoms with Crippen LogP contribution in [0.25, 0.3) is 0 Å². The second-order valence-corrected chi connectivity index (χ2v) is 7.17. The van der Waals surface area contributed by atoms with E-state index in [-0.39, 0.29) is 28.9 Å². The molecule has 1 atom stereocenters. The number of aromatic nitrogens is 4. The van der Waals surface area contributed by atoms with Crippen LogP contribution in [0.15, 0.2) is 39.9 Å². The molecule has 11 nitrogen and oxygen atoms in total. The second-order valence-electron chi connectivity index (χ2n) is 7.17. The number of hydrogen-bond acceptors (Lipinski definition) is 7. The Balaban J connectivity index is 2.04. The molecule has 3 rings (SSSR count). The van der Waals surface area contributed by atoms with E-state index in [1.807, 2.05) is 37.3 Å². The molecule has 0 spiro atoms. The van der Waals surface area contributed by atoms with Gasteiger partial charge >= 0.3 is 0 Å². The first-order chi connectivity index (χ1) is 14.7. The summed E-state index contributed by atoms with van der Waals surface area (Å²) in [6, 6.07) is 9.26. The van der Waals surface area contributed by atoms with Crippen molar-refractivity contribution in [2.75, 3.05) is 24.7 Å². The van der Waals surface area contributed by atoms with Crippen molar-refractivity contribution in [3.63, 3.8) is 0 Å². The predicted octanol–water partition coefficient (Wildman–Crippen LogP) is 1.51. The molecule has 0 fully saturated rings. The highest BCUT2D eigenvalue weighted by molar-refractivity contribution is 5.96. The number of nitrogens with zero attached hydrogens (tertiary/aromatic N) is 3. The summed E-state index contributed by atoms with van der Waals surface area (Å²) in [5, 5.41) is 25.0. The molecule has 0 saturated carbocycles. The Morgan fingerprint density at radius 1 is 1.16 bits per heavy atom. The number of nitrogens with one attached hydrogen (secondary N) is 4. The number of aromatic amines is 2. The van der Waals surface area contributed by atoms with E-state index in [1.165, 1.54) is 30.7 Å². The summed E-state index contributed by atoms with van der Waals surface area (Å²) < 4.78 is 1.23. The molecule has 0 aliphatic rings. The number of H-pyrrole nitrogens is 2. The molecule has 164 valence electrons. The lowest BCUT2D eigenvalue weighted by atomic mass is 10.0. The molecular weight excluding hydrogens is 402 g/mol. The minimum Gasteiger partial charge on any atom is -0.503 e. The highest BCUT2D eigenvalue weighted by atomic mass is 16.3. The van der Waals surface area contributed by atoms with Crippen LogP contribution in [0.1, 0.15) is 35.4 Å². The number of amides is 1. The van der Waals surface area contributed by atoms with Gasteiger partial charge in [-0.1, -0.05) is 37.3 Å². The van der Waals surface area contributed by atoms with Crippen LogP contribution in [-0.4, -0.2) is 50.0 Å². The SMILES string of the molecule is CC[C@@H](Nc1c(Nc2c(O)c(C(=O)N(C)C)nn2C)c(=O)[nH][nH]c1=O)c1ccccc1. The van der Waals surface area contributed by atoms with Gasteiger partial charge in [-0.3, -0.25) is 24.6 Å². The molecule has 1 aromatic carbocycles. The van der Waals surface area contributed by atoms with Crippen LogP contribution < -0.4 is 21.8 Å². The lowest BCUT2D eigenvalue weighted by Crippen LogP contribution is -2.27. The van der Waals surface area contributed by atoms with Gasteiger partial charge in [-0.25, -0.2) is 4.68 Å². The molecule has 2 heterocycles. The van der Waals surface area contributed by atoms with Gasteiger partial charge in [-0.2, -0.15) is 5.10 Å². The van der Waals surface area contributed by atoms with Gasteiger partial charge in [0.2, 0.25) is 0 Å². The van der Waals surface area contributed by atoms with E-state index in [2.05, 4.69) is 25.9 Å². The van der Waals surface area contributed by atoms with E-state index < -0.39 is 22.8 Å². The monoisotopic (exact) mass is 427 g/mol. The molecule has 2 aromatic heterocycles. The Kier molecular flexibility index (Phi) is 6.14. The minimum absolute atomic E-state index is 0.000499. The third-order valence-electron chi connectivity index (χ3n) is 4.80. The van der Waals surface area contributed by atoms with Gasteiger partial charge in [-0.05, 0) is 12.0 Å². The van der Waals surface area contributed by atoms with Crippen LogP contribution >= 0.6 is 0 Å². The third kappa shape index (κ3) is 4.29. The Morgan fingerprint density at radius 3 is 2.35 bits per heavy atom. The Labute approximate surface area is 177 Å². The maximum Gasteiger partial charge on any atom is 0.288 e. The summed E-state index contributed by atoms with van der Waals surface area (Å²) in [6.45, 7) is 1.95. The molecular formula is C20H25N7O4.